The number of halogens is 3. The van der Waals surface area contributed by atoms with Crippen LogP contribution in [0.2, 0.25) is 0 Å². The molecule has 0 N–H and O–H groups in total. The van der Waals surface area contributed by atoms with Gasteiger partial charge in [0.25, 0.3) is 0 Å². The average molecular weight is 496 g/mol. The molecule has 2 rings (SSSR count). The standard InChI is InChI=1S/C27H36F3NO4/c1-3-5-6-7-8-11-18-34-24-16-14-22(15-17-24)19-31(35-21-26(32)33-4-2)20-23-12-9-10-13-25(23)27(28,29)30/h9-10,12-17H,3-8,11,18-21H2,1-2H3. The van der Waals surface area contributed by atoms with Gasteiger partial charge in [0.1, 0.15) is 5.75 Å². The van der Waals surface area contributed by atoms with Crippen molar-refractivity contribution in [3.8, 4) is 5.75 Å². The van der Waals surface area contributed by atoms with Gasteiger partial charge in [-0.1, -0.05) is 69.4 Å². The molecule has 0 amide bonds. The predicted octanol–water partition coefficient (Wildman–Crippen LogP) is 6.94. The van der Waals surface area contributed by atoms with Gasteiger partial charge >= 0.3 is 12.1 Å². The van der Waals surface area contributed by atoms with E-state index < -0.39 is 17.7 Å². The second-order valence-electron chi connectivity index (χ2n) is 8.29. The third-order valence-corrected chi connectivity index (χ3v) is 5.39. The summed E-state index contributed by atoms with van der Waals surface area (Å²) in [6, 6.07) is 12.7. The number of unbranched alkanes of at least 4 members (excludes halogenated alkanes) is 5. The van der Waals surface area contributed by atoms with Crippen LogP contribution in [-0.2, 0) is 33.6 Å². The number of rotatable bonds is 16. The molecule has 2 aromatic carbocycles. The van der Waals surface area contributed by atoms with Gasteiger partial charge in [-0.05, 0) is 42.7 Å². The molecule has 0 bridgehead atoms. The molecule has 0 saturated carbocycles. The summed E-state index contributed by atoms with van der Waals surface area (Å²) in [6.45, 7) is 4.36. The summed E-state index contributed by atoms with van der Waals surface area (Å²) in [5.74, 6) is 0.156. The first-order valence-electron chi connectivity index (χ1n) is 12.2. The zero-order chi connectivity index (χ0) is 25.5. The number of ether oxygens (including phenoxy) is 2. The Morgan fingerprint density at radius 1 is 0.886 bits per heavy atom. The van der Waals surface area contributed by atoms with Gasteiger partial charge in [-0.25, -0.2) is 4.79 Å². The van der Waals surface area contributed by atoms with Crippen molar-refractivity contribution in [2.24, 2.45) is 0 Å². The van der Waals surface area contributed by atoms with E-state index in [-0.39, 0.29) is 31.9 Å². The highest BCUT2D eigenvalue weighted by molar-refractivity contribution is 5.70. The normalized spacial score (nSPS) is 11.6. The molecular weight excluding hydrogens is 459 g/mol. The minimum absolute atomic E-state index is 0.0581. The molecule has 35 heavy (non-hydrogen) atoms. The molecule has 5 nitrogen and oxygen atoms in total. The zero-order valence-corrected chi connectivity index (χ0v) is 20.6. The van der Waals surface area contributed by atoms with Crippen LogP contribution in [0.3, 0.4) is 0 Å². The zero-order valence-electron chi connectivity index (χ0n) is 20.6. The van der Waals surface area contributed by atoms with Crippen molar-refractivity contribution in [2.75, 3.05) is 19.8 Å². The van der Waals surface area contributed by atoms with Crippen LogP contribution in [0.1, 0.15) is 69.1 Å². The largest absolute Gasteiger partial charge is 0.494 e. The quantitative estimate of drug-likeness (QED) is 0.143. The van der Waals surface area contributed by atoms with Crippen molar-refractivity contribution in [1.29, 1.82) is 0 Å². The molecule has 0 aliphatic carbocycles. The maximum absolute atomic E-state index is 13.4. The third kappa shape index (κ3) is 11.1. The molecule has 0 saturated heterocycles. The number of hydrogen-bond donors (Lipinski definition) is 0. The summed E-state index contributed by atoms with van der Waals surface area (Å²) in [5.41, 5.74) is 0.135. The number of hydrogen-bond acceptors (Lipinski definition) is 5. The highest BCUT2D eigenvalue weighted by Gasteiger charge is 2.33. The first-order chi connectivity index (χ1) is 16.8. The summed E-state index contributed by atoms with van der Waals surface area (Å²) in [6.07, 6.45) is 2.62. The molecule has 0 aliphatic rings. The van der Waals surface area contributed by atoms with Gasteiger partial charge in [0.2, 0.25) is 0 Å². The van der Waals surface area contributed by atoms with Crippen LogP contribution in [0, 0.1) is 0 Å². The molecular formula is C27H36F3NO4. The van der Waals surface area contributed by atoms with Crippen LogP contribution in [0.25, 0.3) is 0 Å². The number of hydroxylamine groups is 2. The van der Waals surface area contributed by atoms with Gasteiger partial charge in [0.15, 0.2) is 6.61 Å². The summed E-state index contributed by atoms with van der Waals surface area (Å²) in [7, 11) is 0. The van der Waals surface area contributed by atoms with E-state index in [4.69, 9.17) is 14.3 Å². The van der Waals surface area contributed by atoms with Crippen molar-refractivity contribution in [1.82, 2.24) is 5.06 Å². The Labute approximate surface area is 206 Å². The SMILES string of the molecule is CCCCCCCCOc1ccc(CN(Cc2ccccc2C(F)(F)F)OCC(=O)OCC)cc1. The van der Waals surface area contributed by atoms with E-state index in [2.05, 4.69) is 6.92 Å². The van der Waals surface area contributed by atoms with E-state index in [0.717, 1.165) is 30.2 Å². The first-order valence-corrected chi connectivity index (χ1v) is 12.2. The van der Waals surface area contributed by atoms with E-state index in [1.54, 1.807) is 13.0 Å². The van der Waals surface area contributed by atoms with Crippen LogP contribution in [-0.4, -0.2) is 30.9 Å². The Balaban J connectivity index is 1.98. The fourth-order valence-electron chi connectivity index (χ4n) is 3.59. The molecule has 0 radical (unpaired) electrons. The molecule has 0 aromatic heterocycles. The Kier molecular flexibility index (Phi) is 12.6. The smallest absolute Gasteiger partial charge is 0.416 e. The van der Waals surface area contributed by atoms with Gasteiger partial charge in [-0.2, -0.15) is 18.2 Å². The minimum Gasteiger partial charge on any atom is -0.494 e. The second kappa shape index (κ2) is 15.4. The summed E-state index contributed by atoms with van der Waals surface area (Å²) in [5, 5.41) is 1.34. The van der Waals surface area contributed by atoms with Crippen LogP contribution in [0.4, 0.5) is 13.2 Å². The number of carbonyl (C=O) groups is 1. The molecule has 0 unspecified atom stereocenters. The molecule has 8 heteroatoms. The van der Waals surface area contributed by atoms with Crippen LogP contribution in [0.15, 0.2) is 48.5 Å². The van der Waals surface area contributed by atoms with Crippen LogP contribution in [0.5, 0.6) is 5.75 Å². The number of benzene rings is 2. The molecule has 2 aromatic rings. The minimum atomic E-state index is -4.49. The molecule has 0 atom stereocenters. The molecule has 0 spiro atoms. The lowest BCUT2D eigenvalue weighted by atomic mass is 10.1. The van der Waals surface area contributed by atoms with Crippen molar-refractivity contribution < 1.29 is 32.3 Å². The van der Waals surface area contributed by atoms with Crippen molar-refractivity contribution in [3.05, 3.63) is 65.2 Å². The highest BCUT2D eigenvalue weighted by Crippen LogP contribution is 2.32. The lowest BCUT2D eigenvalue weighted by Gasteiger charge is -2.23. The molecule has 0 fully saturated rings. The van der Waals surface area contributed by atoms with Gasteiger partial charge < -0.3 is 9.47 Å². The Morgan fingerprint density at radius 2 is 1.57 bits per heavy atom. The summed E-state index contributed by atoms with van der Waals surface area (Å²) >= 11 is 0. The van der Waals surface area contributed by atoms with Gasteiger partial charge in [0, 0.05) is 6.54 Å². The first kappa shape index (κ1) is 28.7. The lowest BCUT2D eigenvalue weighted by Crippen LogP contribution is -2.28. The molecule has 194 valence electrons. The van der Waals surface area contributed by atoms with E-state index in [1.807, 2.05) is 24.3 Å². The summed E-state index contributed by atoms with van der Waals surface area (Å²) in [4.78, 5) is 17.3. The maximum atomic E-state index is 13.4. The van der Waals surface area contributed by atoms with Crippen LogP contribution < -0.4 is 4.74 Å². The Bertz CT molecular complexity index is 871. The van der Waals surface area contributed by atoms with E-state index in [0.29, 0.717) is 6.61 Å². The monoisotopic (exact) mass is 495 g/mol. The van der Waals surface area contributed by atoms with E-state index >= 15 is 0 Å². The van der Waals surface area contributed by atoms with Crippen LogP contribution >= 0.6 is 0 Å². The van der Waals surface area contributed by atoms with Crippen molar-refractivity contribution in [3.63, 3.8) is 0 Å². The number of esters is 1. The second-order valence-corrected chi connectivity index (χ2v) is 8.29. The van der Waals surface area contributed by atoms with Crippen molar-refractivity contribution >= 4 is 5.97 Å². The lowest BCUT2D eigenvalue weighted by molar-refractivity contribution is -0.194. The molecule has 0 aliphatic heterocycles. The topological polar surface area (TPSA) is 48.0 Å². The van der Waals surface area contributed by atoms with Gasteiger partial charge in [-0.3, -0.25) is 4.84 Å². The predicted molar refractivity (Wildman–Crippen MR) is 129 cm³/mol. The van der Waals surface area contributed by atoms with E-state index in [1.165, 1.54) is 42.9 Å². The number of carbonyl (C=O) groups excluding carboxylic acids is 1. The van der Waals surface area contributed by atoms with Gasteiger partial charge in [-0.15, -0.1) is 0 Å². The molecule has 0 heterocycles. The Morgan fingerprint density at radius 3 is 2.26 bits per heavy atom. The van der Waals surface area contributed by atoms with E-state index in [9.17, 15) is 18.0 Å². The van der Waals surface area contributed by atoms with Gasteiger partial charge in [0.05, 0.1) is 25.3 Å². The maximum Gasteiger partial charge on any atom is 0.416 e. The fraction of sp³-hybridized carbons (Fsp3) is 0.519. The van der Waals surface area contributed by atoms with Crippen molar-refractivity contribution in [2.45, 2.75) is 71.6 Å². The third-order valence-electron chi connectivity index (χ3n) is 5.39. The summed E-state index contributed by atoms with van der Waals surface area (Å²) < 4.78 is 51.0. The highest BCUT2D eigenvalue weighted by atomic mass is 19.4. The average Bonchev–Trinajstić information content (AvgIpc) is 2.83. The Hall–Kier alpha value is -2.58. The number of alkyl halides is 3. The fourth-order valence-corrected chi connectivity index (χ4v) is 3.59. The number of nitrogens with zero attached hydrogens (tertiary/aromatic N) is 1.